The third kappa shape index (κ3) is 2.82. The van der Waals surface area contributed by atoms with E-state index in [9.17, 15) is 4.79 Å². The first kappa shape index (κ1) is 12.9. The molecule has 1 aliphatic heterocycles. The Balaban J connectivity index is 1.96. The van der Waals surface area contributed by atoms with Crippen molar-refractivity contribution in [3.8, 4) is 0 Å². The molecule has 1 saturated carbocycles. The van der Waals surface area contributed by atoms with Crippen molar-refractivity contribution < 1.29 is 4.79 Å². The van der Waals surface area contributed by atoms with Crippen LogP contribution in [0.5, 0.6) is 0 Å². The first-order chi connectivity index (χ1) is 8.24. The molecule has 0 bridgehead atoms. The second kappa shape index (κ2) is 5.85. The van der Waals surface area contributed by atoms with Crippen LogP contribution in [0.3, 0.4) is 0 Å². The molecule has 0 radical (unpaired) electrons. The molecule has 0 aromatic rings. The van der Waals surface area contributed by atoms with Crippen LogP contribution < -0.4 is 5.32 Å². The summed E-state index contributed by atoms with van der Waals surface area (Å²) in [6, 6.07) is 0.560. The Labute approximate surface area is 105 Å². The van der Waals surface area contributed by atoms with Crippen LogP contribution in [0.4, 0.5) is 0 Å². The Morgan fingerprint density at radius 3 is 2.65 bits per heavy atom. The zero-order valence-electron chi connectivity index (χ0n) is 11.2. The molecule has 2 aliphatic rings. The van der Waals surface area contributed by atoms with Gasteiger partial charge in [-0.25, -0.2) is 0 Å². The summed E-state index contributed by atoms with van der Waals surface area (Å²) in [6.45, 7) is 3.84. The average molecular weight is 238 g/mol. The molecule has 1 saturated heterocycles. The summed E-state index contributed by atoms with van der Waals surface area (Å²) in [5, 5.41) is 3.11. The van der Waals surface area contributed by atoms with Crippen molar-refractivity contribution in [1.29, 1.82) is 0 Å². The molecule has 1 aliphatic carbocycles. The smallest absolute Gasteiger partial charge is 0.226 e. The summed E-state index contributed by atoms with van der Waals surface area (Å²) in [5.74, 6) is 1.29. The maximum Gasteiger partial charge on any atom is 0.226 e. The van der Waals surface area contributed by atoms with E-state index in [2.05, 4.69) is 10.2 Å². The molecule has 17 heavy (non-hydrogen) atoms. The highest BCUT2D eigenvalue weighted by Gasteiger charge is 2.36. The van der Waals surface area contributed by atoms with Gasteiger partial charge < -0.3 is 10.2 Å². The largest absolute Gasteiger partial charge is 0.339 e. The van der Waals surface area contributed by atoms with Gasteiger partial charge in [-0.15, -0.1) is 0 Å². The summed E-state index contributed by atoms with van der Waals surface area (Å²) in [7, 11) is 1.92. The second-order valence-electron chi connectivity index (χ2n) is 5.74. The van der Waals surface area contributed by atoms with E-state index in [4.69, 9.17) is 0 Å². The van der Waals surface area contributed by atoms with Crippen LogP contribution in [-0.4, -0.2) is 37.0 Å². The number of nitrogens with zero attached hydrogens (tertiary/aromatic N) is 1. The number of rotatable bonds is 4. The van der Waals surface area contributed by atoms with E-state index in [1.165, 1.54) is 38.5 Å². The van der Waals surface area contributed by atoms with Crippen LogP contribution in [0.25, 0.3) is 0 Å². The molecule has 2 rings (SSSR count). The van der Waals surface area contributed by atoms with E-state index < -0.39 is 0 Å². The minimum Gasteiger partial charge on any atom is -0.339 e. The highest BCUT2D eigenvalue weighted by atomic mass is 16.2. The molecule has 3 heteroatoms. The topological polar surface area (TPSA) is 32.3 Å². The molecular weight excluding hydrogens is 212 g/mol. The Hall–Kier alpha value is -0.570. The fraction of sp³-hybridized carbons (Fsp3) is 0.929. The SMILES string of the molecule is CNCC(C)C(=O)N1CCCC1C1CCCC1. The number of hydrogen-bond donors (Lipinski definition) is 1. The average Bonchev–Trinajstić information content (AvgIpc) is 2.98. The Morgan fingerprint density at radius 1 is 1.29 bits per heavy atom. The highest BCUT2D eigenvalue weighted by Crippen LogP contribution is 2.35. The van der Waals surface area contributed by atoms with Crippen molar-refractivity contribution in [1.82, 2.24) is 10.2 Å². The second-order valence-corrected chi connectivity index (χ2v) is 5.74. The van der Waals surface area contributed by atoms with Crippen molar-refractivity contribution in [3.63, 3.8) is 0 Å². The van der Waals surface area contributed by atoms with Gasteiger partial charge in [-0.05, 0) is 38.6 Å². The predicted molar refractivity (Wildman–Crippen MR) is 69.8 cm³/mol. The van der Waals surface area contributed by atoms with E-state index in [0.29, 0.717) is 11.9 Å². The van der Waals surface area contributed by atoms with Gasteiger partial charge in [0.2, 0.25) is 5.91 Å². The standard InChI is InChI=1S/C14H26N2O/c1-11(10-15-2)14(17)16-9-5-8-13(16)12-6-3-4-7-12/h11-13,15H,3-10H2,1-2H3. The molecule has 0 spiro atoms. The molecule has 1 heterocycles. The number of carbonyl (C=O) groups excluding carboxylic acids is 1. The van der Waals surface area contributed by atoms with Gasteiger partial charge in [-0.1, -0.05) is 19.8 Å². The molecule has 2 unspecified atom stereocenters. The molecule has 3 nitrogen and oxygen atoms in total. The lowest BCUT2D eigenvalue weighted by molar-refractivity contribution is -0.136. The fourth-order valence-corrected chi connectivity index (χ4v) is 3.57. The number of hydrogen-bond acceptors (Lipinski definition) is 2. The number of likely N-dealkylation sites (tertiary alicyclic amines) is 1. The first-order valence-corrected chi connectivity index (χ1v) is 7.19. The van der Waals surface area contributed by atoms with Gasteiger partial charge in [0, 0.05) is 25.0 Å². The van der Waals surface area contributed by atoms with Gasteiger partial charge >= 0.3 is 0 Å². The molecule has 1 amide bonds. The lowest BCUT2D eigenvalue weighted by Crippen LogP contribution is -2.44. The number of amides is 1. The van der Waals surface area contributed by atoms with Crippen LogP contribution in [0.1, 0.15) is 45.4 Å². The molecule has 2 atom stereocenters. The van der Waals surface area contributed by atoms with Gasteiger partial charge in [0.05, 0.1) is 0 Å². The Bertz CT molecular complexity index is 261. The van der Waals surface area contributed by atoms with Crippen molar-refractivity contribution in [2.24, 2.45) is 11.8 Å². The zero-order valence-corrected chi connectivity index (χ0v) is 11.2. The maximum atomic E-state index is 12.4. The van der Waals surface area contributed by atoms with Crippen LogP contribution in [-0.2, 0) is 4.79 Å². The van der Waals surface area contributed by atoms with Gasteiger partial charge in [0.1, 0.15) is 0 Å². The minimum absolute atomic E-state index is 0.127. The van der Waals surface area contributed by atoms with E-state index in [-0.39, 0.29) is 5.92 Å². The third-order valence-corrected chi connectivity index (χ3v) is 4.46. The first-order valence-electron chi connectivity index (χ1n) is 7.19. The molecule has 2 fully saturated rings. The maximum absolute atomic E-state index is 12.4. The minimum atomic E-state index is 0.127. The van der Waals surface area contributed by atoms with Crippen molar-refractivity contribution in [3.05, 3.63) is 0 Å². The summed E-state index contributed by atoms with van der Waals surface area (Å²) in [4.78, 5) is 14.6. The third-order valence-electron chi connectivity index (χ3n) is 4.46. The highest BCUT2D eigenvalue weighted by molar-refractivity contribution is 5.79. The van der Waals surface area contributed by atoms with Crippen LogP contribution in [0.2, 0.25) is 0 Å². The van der Waals surface area contributed by atoms with E-state index in [1.54, 1.807) is 0 Å². The van der Waals surface area contributed by atoms with Crippen LogP contribution in [0.15, 0.2) is 0 Å². The van der Waals surface area contributed by atoms with Gasteiger partial charge in [-0.3, -0.25) is 4.79 Å². The fourth-order valence-electron chi connectivity index (χ4n) is 3.57. The molecule has 98 valence electrons. The van der Waals surface area contributed by atoms with Crippen molar-refractivity contribution >= 4 is 5.91 Å². The molecular formula is C14H26N2O. The van der Waals surface area contributed by atoms with Crippen molar-refractivity contribution in [2.45, 2.75) is 51.5 Å². The van der Waals surface area contributed by atoms with Gasteiger partial charge in [0.25, 0.3) is 0 Å². The number of nitrogens with one attached hydrogen (secondary N) is 1. The lowest BCUT2D eigenvalue weighted by atomic mass is 9.95. The van der Waals surface area contributed by atoms with Gasteiger partial charge in [-0.2, -0.15) is 0 Å². The number of carbonyl (C=O) groups is 1. The zero-order chi connectivity index (χ0) is 12.3. The summed E-state index contributed by atoms with van der Waals surface area (Å²) < 4.78 is 0. The Kier molecular flexibility index (Phi) is 4.43. The molecule has 0 aromatic heterocycles. The van der Waals surface area contributed by atoms with Gasteiger partial charge in [0.15, 0.2) is 0 Å². The van der Waals surface area contributed by atoms with Crippen LogP contribution >= 0.6 is 0 Å². The molecule has 0 aromatic carbocycles. The predicted octanol–water partition coefficient (Wildman–Crippen LogP) is 2.02. The normalized spacial score (nSPS) is 27.6. The quantitative estimate of drug-likeness (QED) is 0.812. The molecule has 1 N–H and O–H groups in total. The van der Waals surface area contributed by atoms with E-state index in [0.717, 1.165) is 19.0 Å². The van der Waals surface area contributed by atoms with Crippen molar-refractivity contribution in [2.75, 3.05) is 20.1 Å². The van der Waals surface area contributed by atoms with E-state index >= 15 is 0 Å². The monoisotopic (exact) mass is 238 g/mol. The lowest BCUT2D eigenvalue weighted by Gasteiger charge is -2.31. The van der Waals surface area contributed by atoms with Crippen LogP contribution in [0, 0.1) is 11.8 Å². The summed E-state index contributed by atoms with van der Waals surface area (Å²) in [6.07, 6.45) is 7.87. The Morgan fingerprint density at radius 2 is 2.00 bits per heavy atom. The van der Waals surface area contributed by atoms with E-state index in [1.807, 2.05) is 14.0 Å². The summed E-state index contributed by atoms with van der Waals surface area (Å²) >= 11 is 0. The summed E-state index contributed by atoms with van der Waals surface area (Å²) in [5.41, 5.74) is 0.